The summed E-state index contributed by atoms with van der Waals surface area (Å²) in [6.07, 6.45) is 2.37. The van der Waals surface area contributed by atoms with Gasteiger partial charge in [-0.05, 0) is 49.4 Å². The van der Waals surface area contributed by atoms with E-state index in [1.807, 2.05) is 6.07 Å². The van der Waals surface area contributed by atoms with Gasteiger partial charge in [-0.15, -0.1) is 0 Å². The van der Waals surface area contributed by atoms with Crippen molar-refractivity contribution in [1.29, 1.82) is 0 Å². The maximum Gasteiger partial charge on any atom is 0.122 e. The van der Waals surface area contributed by atoms with Crippen LogP contribution in [0, 0.1) is 11.8 Å². The predicted molar refractivity (Wildman–Crippen MR) is 77.7 cm³/mol. The van der Waals surface area contributed by atoms with E-state index in [9.17, 15) is 0 Å². The number of hydrogen-bond donors (Lipinski definition) is 1. The molecule has 1 heterocycles. The molecule has 3 nitrogen and oxygen atoms in total. The van der Waals surface area contributed by atoms with Gasteiger partial charge in [-0.3, -0.25) is 0 Å². The second-order valence-electron chi connectivity index (χ2n) is 5.38. The van der Waals surface area contributed by atoms with Crippen molar-refractivity contribution in [3.8, 4) is 5.75 Å². The van der Waals surface area contributed by atoms with Crippen LogP contribution in [0.2, 0.25) is 0 Å². The minimum atomic E-state index is 0.617. The van der Waals surface area contributed by atoms with Crippen LogP contribution in [0.1, 0.15) is 18.9 Å². The Labute approximate surface area is 116 Å². The van der Waals surface area contributed by atoms with E-state index in [1.165, 1.54) is 12.0 Å². The summed E-state index contributed by atoms with van der Waals surface area (Å²) in [4.78, 5) is 0. The lowest BCUT2D eigenvalue weighted by atomic mass is 9.83. The molecule has 0 amide bonds. The summed E-state index contributed by atoms with van der Waals surface area (Å²) in [6.45, 7) is 5.89. The lowest BCUT2D eigenvalue weighted by Crippen LogP contribution is -2.36. The van der Waals surface area contributed by atoms with Gasteiger partial charge in [-0.1, -0.05) is 25.1 Å². The molecule has 1 aromatic rings. The van der Waals surface area contributed by atoms with Gasteiger partial charge in [0.25, 0.3) is 0 Å². The van der Waals surface area contributed by atoms with Crippen molar-refractivity contribution in [3.05, 3.63) is 29.8 Å². The van der Waals surface area contributed by atoms with Crippen LogP contribution in [0.4, 0.5) is 0 Å². The zero-order valence-electron chi connectivity index (χ0n) is 12.0. The zero-order valence-corrected chi connectivity index (χ0v) is 12.0. The normalized spacial score (nSPS) is 23.3. The van der Waals surface area contributed by atoms with E-state index in [4.69, 9.17) is 9.47 Å². The number of nitrogens with one attached hydrogen (secondary N) is 1. The number of piperidine rings is 1. The number of rotatable bonds is 6. The van der Waals surface area contributed by atoms with Gasteiger partial charge in [-0.25, -0.2) is 0 Å². The van der Waals surface area contributed by atoms with Gasteiger partial charge < -0.3 is 14.8 Å². The fourth-order valence-electron chi connectivity index (χ4n) is 2.66. The van der Waals surface area contributed by atoms with Crippen LogP contribution in [0.5, 0.6) is 5.75 Å². The van der Waals surface area contributed by atoms with Crippen molar-refractivity contribution >= 4 is 0 Å². The molecular weight excluding hydrogens is 238 g/mol. The molecular formula is C16H25NO2. The van der Waals surface area contributed by atoms with Gasteiger partial charge in [0.05, 0.1) is 6.61 Å². The minimum Gasteiger partial charge on any atom is -0.491 e. The standard InChI is InChI=1S/C16H25NO2/c1-13-7-8-17-12-15(13)11-14-5-3-4-6-16(14)19-10-9-18-2/h3-6,13,15,17H,7-12H2,1-2H3. The Morgan fingerprint density at radius 3 is 2.89 bits per heavy atom. The van der Waals surface area contributed by atoms with E-state index in [1.54, 1.807) is 7.11 Å². The van der Waals surface area contributed by atoms with Gasteiger partial charge in [0.2, 0.25) is 0 Å². The molecule has 3 heteroatoms. The predicted octanol–water partition coefficient (Wildman–Crippen LogP) is 2.50. The fourth-order valence-corrected chi connectivity index (χ4v) is 2.66. The highest BCUT2D eigenvalue weighted by molar-refractivity contribution is 5.33. The van der Waals surface area contributed by atoms with E-state index < -0.39 is 0 Å². The summed E-state index contributed by atoms with van der Waals surface area (Å²) in [6, 6.07) is 8.38. The molecule has 0 spiro atoms. The van der Waals surface area contributed by atoms with Crippen molar-refractivity contribution in [2.45, 2.75) is 19.8 Å². The Hall–Kier alpha value is -1.06. The van der Waals surface area contributed by atoms with Gasteiger partial charge >= 0.3 is 0 Å². The molecule has 1 aliphatic rings. The molecule has 2 atom stereocenters. The summed E-state index contributed by atoms with van der Waals surface area (Å²) in [5.74, 6) is 2.51. The van der Waals surface area contributed by atoms with Crippen LogP contribution in [-0.2, 0) is 11.2 Å². The molecule has 1 fully saturated rings. The topological polar surface area (TPSA) is 30.5 Å². The molecule has 1 saturated heterocycles. The van der Waals surface area contributed by atoms with E-state index in [0.717, 1.165) is 31.2 Å². The lowest BCUT2D eigenvalue weighted by molar-refractivity contribution is 0.145. The largest absolute Gasteiger partial charge is 0.491 e. The number of ether oxygens (including phenoxy) is 2. The Morgan fingerprint density at radius 2 is 2.11 bits per heavy atom. The first-order valence-electron chi connectivity index (χ1n) is 7.21. The molecule has 1 N–H and O–H groups in total. The van der Waals surface area contributed by atoms with Crippen molar-refractivity contribution in [3.63, 3.8) is 0 Å². The van der Waals surface area contributed by atoms with Gasteiger partial charge in [0.1, 0.15) is 12.4 Å². The summed E-state index contributed by atoms with van der Waals surface area (Å²) in [5, 5.41) is 3.50. The summed E-state index contributed by atoms with van der Waals surface area (Å²) in [5.41, 5.74) is 1.32. The summed E-state index contributed by atoms with van der Waals surface area (Å²) >= 11 is 0. The van der Waals surface area contributed by atoms with E-state index >= 15 is 0 Å². The van der Waals surface area contributed by atoms with Gasteiger partial charge in [-0.2, -0.15) is 0 Å². The first kappa shape index (κ1) is 14.4. The van der Waals surface area contributed by atoms with Crippen LogP contribution in [0.25, 0.3) is 0 Å². The fraction of sp³-hybridized carbons (Fsp3) is 0.625. The molecule has 106 valence electrons. The second kappa shape index (κ2) is 7.51. The molecule has 2 unspecified atom stereocenters. The van der Waals surface area contributed by atoms with Crippen molar-refractivity contribution in [1.82, 2.24) is 5.32 Å². The van der Waals surface area contributed by atoms with Crippen LogP contribution < -0.4 is 10.1 Å². The van der Waals surface area contributed by atoms with Crippen LogP contribution in [-0.4, -0.2) is 33.4 Å². The Morgan fingerprint density at radius 1 is 1.26 bits per heavy atom. The third kappa shape index (κ3) is 4.22. The van der Waals surface area contributed by atoms with Crippen molar-refractivity contribution in [2.75, 3.05) is 33.4 Å². The molecule has 19 heavy (non-hydrogen) atoms. The number of para-hydroxylation sites is 1. The van der Waals surface area contributed by atoms with E-state index in [-0.39, 0.29) is 0 Å². The van der Waals surface area contributed by atoms with E-state index in [0.29, 0.717) is 19.1 Å². The lowest BCUT2D eigenvalue weighted by Gasteiger charge is -2.30. The van der Waals surface area contributed by atoms with Crippen molar-refractivity contribution in [2.24, 2.45) is 11.8 Å². The number of methoxy groups -OCH3 is 1. The second-order valence-corrected chi connectivity index (χ2v) is 5.38. The Bertz CT molecular complexity index is 381. The molecule has 0 saturated carbocycles. The average Bonchev–Trinajstić information content (AvgIpc) is 2.43. The third-order valence-electron chi connectivity index (χ3n) is 3.99. The first-order chi connectivity index (χ1) is 9.31. The highest BCUT2D eigenvalue weighted by atomic mass is 16.5. The molecule has 0 aliphatic carbocycles. The molecule has 0 aromatic heterocycles. The molecule has 0 radical (unpaired) electrons. The third-order valence-corrected chi connectivity index (χ3v) is 3.99. The highest BCUT2D eigenvalue weighted by Gasteiger charge is 2.22. The molecule has 2 rings (SSSR count). The smallest absolute Gasteiger partial charge is 0.122 e. The van der Waals surface area contributed by atoms with Crippen LogP contribution in [0.15, 0.2) is 24.3 Å². The summed E-state index contributed by atoms with van der Waals surface area (Å²) < 4.78 is 10.8. The minimum absolute atomic E-state index is 0.617. The quantitative estimate of drug-likeness (QED) is 0.800. The Kier molecular flexibility index (Phi) is 5.67. The maximum atomic E-state index is 5.81. The van der Waals surface area contributed by atoms with Crippen molar-refractivity contribution < 1.29 is 9.47 Å². The molecule has 0 bridgehead atoms. The SMILES string of the molecule is COCCOc1ccccc1CC1CNCCC1C. The Balaban J connectivity index is 1.98. The monoisotopic (exact) mass is 263 g/mol. The summed E-state index contributed by atoms with van der Waals surface area (Å²) in [7, 11) is 1.70. The zero-order chi connectivity index (χ0) is 13.5. The first-order valence-corrected chi connectivity index (χ1v) is 7.21. The van der Waals surface area contributed by atoms with Crippen LogP contribution in [0.3, 0.4) is 0 Å². The number of hydrogen-bond acceptors (Lipinski definition) is 3. The molecule has 1 aromatic carbocycles. The average molecular weight is 263 g/mol. The van der Waals surface area contributed by atoms with Gasteiger partial charge in [0.15, 0.2) is 0 Å². The molecule has 1 aliphatic heterocycles. The van der Waals surface area contributed by atoms with Gasteiger partial charge in [0, 0.05) is 7.11 Å². The van der Waals surface area contributed by atoms with Crippen LogP contribution >= 0.6 is 0 Å². The number of benzene rings is 1. The maximum absolute atomic E-state index is 5.81. The van der Waals surface area contributed by atoms with E-state index in [2.05, 4.69) is 30.4 Å². The highest BCUT2D eigenvalue weighted by Crippen LogP contribution is 2.27.